The van der Waals surface area contributed by atoms with Crippen LogP contribution in [-0.2, 0) is 4.74 Å². The third-order valence-corrected chi connectivity index (χ3v) is 3.38. The van der Waals surface area contributed by atoms with Crippen LogP contribution in [0.25, 0.3) is 5.69 Å². The van der Waals surface area contributed by atoms with Gasteiger partial charge in [-0.25, -0.2) is 13.9 Å². The number of hydrogen-bond donors (Lipinski definition) is 2. The zero-order chi connectivity index (χ0) is 18.4. The van der Waals surface area contributed by atoms with E-state index in [2.05, 4.69) is 15.9 Å². The van der Waals surface area contributed by atoms with Crippen LogP contribution >= 0.6 is 0 Å². The lowest BCUT2D eigenvalue weighted by Crippen LogP contribution is -2.30. The van der Waals surface area contributed by atoms with Crippen LogP contribution in [0.4, 0.5) is 14.9 Å². The van der Waals surface area contributed by atoms with Gasteiger partial charge >= 0.3 is 6.09 Å². The molecular weight excluding hydrogens is 329 g/mol. The minimum Gasteiger partial charge on any atom is -0.442 e. The van der Waals surface area contributed by atoms with Crippen LogP contribution in [0.1, 0.15) is 5.56 Å². The second-order valence-corrected chi connectivity index (χ2v) is 4.90. The van der Waals surface area contributed by atoms with Crippen LogP contribution in [0.15, 0.2) is 35.7 Å². The van der Waals surface area contributed by atoms with E-state index in [9.17, 15) is 9.18 Å². The van der Waals surface area contributed by atoms with Crippen molar-refractivity contribution < 1.29 is 19.5 Å². The number of carbonyl (C=O) groups is 1. The lowest BCUT2D eigenvalue weighted by atomic mass is 10.2. The second-order valence-electron chi connectivity index (χ2n) is 4.90. The Hall–Kier alpha value is -3.32. The van der Waals surface area contributed by atoms with Crippen LogP contribution in [0, 0.1) is 17.1 Å². The maximum absolute atomic E-state index is 14.3. The normalized spacial score (nSPS) is 15.8. The third kappa shape index (κ3) is 3.78. The highest BCUT2D eigenvalue weighted by molar-refractivity contribution is 5.89. The molecule has 130 valence electrons. The molecule has 1 fully saturated rings. The van der Waals surface area contributed by atoms with Crippen LogP contribution in [0.2, 0.25) is 0 Å². The number of nitrogens with two attached hydrogens (primary N) is 2. The fourth-order valence-corrected chi connectivity index (χ4v) is 2.31. The number of aromatic nitrogens is 2. The molecule has 1 aromatic heterocycles. The maximum atomic E-state index is 14.3. The minimum atomic E-state index is -0.574. The van der Waals surface area contributed by atoms with Crippen molar-refractivity contribution >= 4 is 11.8 Å². The molecule has 0 spiro atoms. The second kappa shape index (κ2) is 7.98. The predicted molar refractivity (Wildman–Crippen MR) is 85.2 cm³/mol. The van der Waals surface area contributed by atoms with Crippen molar-refractivity contribution in [3.05, 3.63) is 42.0 Å². The van der Waals surface area contributed by atoms with Gasteiger partial charge in [0.15, 0.2) is 5.82 Å². The number of benzene rings is 1. The number of carbonyl (C=O) groups excluding carboxylic acids is 1. The van der Waals surface area contributed by atoms with E-state index in [-0.39, 0.29) is 18.8 Å². The first kappa shape index (κ1) is 18.0. The molecule has 3 rings (SSSR count). The van der Waals surface area contributed by atoms with Crippen molar-refractivity contribution in [2.24, 2.45) is 10.8 Å². The van der Waals surface area contributed by atoms with Crippen molar-refractivity contribution in [3.63, 3.8) is 0 Å². The minimum absolute atomic E-state index is 0.177. The summed E-state index contributed by atoms with van der Waals surface area (Å²) in [4.78, 5) is 13.1. The quantitative estimate of drug-likeness (QED) is 0.751. The summed E-state index contributed by atoms with van der Waals surface area (Å²) in [7, 11) is 1.50. The molecule has 9 nitrogen and oxygen atoms in total. The fourth-order valence-electron chi connectivity index (χ4n) is 2.31. The van der Waals surface area contributed by atoms with E-state index in [1.165, 1.54) is 41.2 Å². The van der Waals surface area contributed by atoms with Crippen LogP contribution in [-0.4, -0.2) is 42.1 Å². The lowest BCUT2D eigenvalue weighted by Gasteiger charge is -2.14. The molecule has 1 saturated heterocycles. The number of ether oxygens (including phenoxy) is 1. The Bertz CT molecular complexity index is 814. The molecule has 10 heteroatoms. The summed E-state index contributed by atoms with van der Waals surface area (Å²) in [5.41, 5.74) is 10.4. The number of rotatable bonds is 4. The number of anilines is 1. The first-order chi connectivity index (χ1) is 12.1. The lowest BCUT2D eigenvalue weighted by molar-refractivity contribution is -0.224. The largest absolute Gasteiger partial charge is 0.442 e. The molecule has 1 atom stereocenters. The highest BCUT2D eigenvalue weighted by Crippen LogP contribution is 2.25. The zero-order valence-corrected chi connectivity index (χ0v) is 13.5. The smallest absolute Gasteiger partial charge is 0.414 e. The molecule has 25 heavy (non-hydrogen) atoms. The first-order valence-corrected chi connectivity index (χ1v) is 7.29. The monoisotopic (exact) mass is 346 g/mol. The Balaban J connectivity index is 0.00000109. The van der Waals surface area contributed by atoms with Gasteiger partial charge in [-0.15, -0.1) is 0 Å². The van der Waals surface area contributed by atoms with Crippen LogP contribution in [0.5, 0.6) is 0 Å². The van der Waals surface area contributed by atoms with Crippen LogP contribution in [0.3, 0.4) is 0 Å². The summed E-state index contributed by atoms with van der Waals surface area (Å²) in [5.74, 6) is -0.574. The van der Waals surface area contributed by atoms with Gasteiger partial charge in [-0.05, 0) is 30.4 Å². The molecule has 2 aromatic rings. The van der Waals surface area contributed by atoms with Gasteiger partial charge in [0.25, 0.3) is 0 Å². The molecule has 1 aromatic carbocycles. The van der Waals surface area contributed by atoms with Crippen molar-refractivity contribution in [3.8, 4) is 11.8 Å². The predicted octanol–water partition coefficient (Wildman–Crippen LogP) is -0.00552. The van der Waals surface area contributed by atoms with Crippen molar-refractivity contribution in [1.82, 2.24) is 9.78 Å². The Morgan fingerprint density at radius 1 is 1.56 bits per heavy atom. The number of halogens is 1. The number of amides is 1. The molecule has 1 amide bonds. The maximum Gasteiger partial charge on any atom is 0.414 e. The highest BCUT2D eigenvalue weighted by atomic mass is 19.1. The van der Waals surface area contributed by atoms with Gasteiger partial charge in [-0.2, -0.15) is 15.9 Å². The molecule has 1 unspecified atom stereocenters. The van der Waals surface area contributed by atoms with E-state index < -0.39 is 18.0 Å². The Morgan fingerprint density at radius 3 is 2.92 bits per heavy atom. The molecule has 4 N–H and O–H groups in total. The molecule has 1 aliphatic heterocycles. The molecular formula is C15H17FN7O2+. The number of cyclic esters (lactones) is 1. The summed E-state index contributed by atoms with van der Waals surface area (Å²) in [6, 6.07) is 6.19. The number of nitrogens with zero attached hydrogens (tertiary/aromatic N) is 5. The summed E-state index contributed by atoms with van der Waals surface area (Å²) in [6.45, 7) is 0.436. The summed E-state index contributed by atoms with van der Waals surface area (Å²) < 4.78 is 20.7. The van der Waals surface area contributed by atoms with E-state index in [1.54, 1.807) is 6.07 Å². The molecule has 1 aliphatic rings. The summed E-state index contributed by atoms with van der Waals surface area (Å²) in [5, 5.41) is 16.1. The molecule has 0 aliphatic carbocycles. The topological polar surface area (TPSA) is 135 Å². The fraction of sp³-hybridized carbons (Fsp3) is 0.267. The van der Waals surface area contributed by atoms with Gasteiger partial charge in [-0.1, -0.05) is 0 Å². The molecule has 0 bridgehead atoms. The molecule has 0 saturated carbocycles. The van der Waals surface area contributed by atoms with Gasteiger partial charge in [0.1, 0.15) is 24.4 Å². The number of hydrogen-bond acceptors (Lipinski definition) is 6. The zero-order valence-electron chi connectivity index (χ0n) is 13.5. The average molecular weight is 346 g/mol. The van der Waals surface area contributed by atoms with Gasteiger partial charge in [0.05, 0.1) is 24.0 Å². The van der Waals surface area contributed by atoms with Gasteiger partial charge in [0.2, 0.25) is 0 Å². The summed E-state index contributed by atoms with van der Waals surface area (Å²) in [6.07, 6.45) is 1.74. The van der Waals surface area contributed by atoms with Gasteiger partial charge < -0.3 is 10.5 Å². The first-order valence-electron chi connectivity index (χ1n) is 7.29. The van der Waals surface area contributed by atoms with Crippen LogP contribution < -0.4 is 16.2 Å². The highest BCUT2D eigenvalue weighted by Gasteiger charge is 2.33. The number of nitriles is 1. The van der Waals surface area contributed by atoms with Crippen molar-refractivity contribution in [2.75, 3.05) is 25.0 Å². The average Bonchev–Trinajstić information content (AvgIpc) is 3.23. The van der Waals surface area contributed by atoms with E-state index in [0.29, 0.717) is 11.3 Å². The molecule has 2 heterocycles. The van der Waals surface area contributed by atoms with E-state index in [0.717, 1.165) is 0 Å². The van der Waals surface area contributed by atoms with E-state index in [1.807, 2.05) is 6.07 Å². The van der Waals surface area contributed by atoms with Crippen molar-refractivity contribution in [2.45, 2.75) is 6.10 Å². The third-order valence-electron chi connectivity index (χ3n) is 3.38. The standard InChI is InChI=1S/C14H11FN6O2.CH5N/c15-12-3-10(20-8-11(6-18-17)23-14(20)22)1-2-13(12)21-7-9(4-16)5-19-21;1-2/h1-3,5,7,11,17H,6,8H2;2H2,1H3/p+1. The summed E-state index contributed by atoms with van der Waals surface area (Å²) >= 11 is 0. The van der Waals surface area contributed by atoms with E-state index >= 15 is 0 Å². The van der Waals surface area contributed by atoms with Crippen molar-refractivity contribution in [1.29, 1.82) is 5.26 Å². The van der Waals surface area contributed by atoms with Gasteiger partial charge in [-0.3, -0.25) is 4.90 Å². The Kier molecular flexibility index (Phi) is 5.75. The Morgan fingerprint density at radius 2 is 2.32 bits per heavy atom. The van der Waals surface area contributed by atoms with Gasteiger partial charge in [0, 0.05) is 6.20 Å². The Labute approximate surface area is 142 Å². The van der Waals surface area contributed by atoms with E-state index in [4.69, 9.17) is 15.5 Å². The SMILES string of the molecule is CN.N#Cc1cnn(-c2ccc(N3CC(CN=[NH2+])OC3=O)cc2F)c1. The molecule has 0 radical (unpaired) electrons.